The number of ketones is 1. The first kappa shape index (κ1) is 12.2. The summed E-state index contributed by atoms with van der Waals surface area (Å²) >= 11 is 0. The summed E-state index contributed by atoms with van der Waals surface area (Å²) in [5, 5.41) is 8.75. The van der Waals surface area contributed by atoms with Crippen molar-refractivity contribution in [2.75, 3.05) is 0 Å². The van der Waals surface area contributed by atoms with Crippen LogP contribution in [0.1, 0.15) is 25.8 Å². The molecule has 1 rings (SSSR count). The molecule has 1 unspecified atom stereocenters. The first-order chi connectivity index (χ1) is 7.60. The number of halogens is 1. The highest BCUT2D eigenvalue weighted by Gasteiger charge is 2.16. The van der Waals surface area contributed by atoms with Gasteiger partial charge in [0.1, 0.15) is 23.2 Å². The van der Waals surface area contributed by atoms with Gasteiger partial charge in [-0.2, -0.15) is 5.26 Å². The Bertz CT molecular complexity index is 437. The molecule has 84 valence electrons. The van der Waals surface area contributed by atoms with Crippen LogP contribution in [-0.2, 0) is 4.79 Å². The van der Waals surface area contributed by atoms with Gasteiger partial charge in [-0.3, -0.25) is 4.79 Å². The Morgan fingerprint density at radius 3 is 2.88 bits per heavy atom. The molecule has 0 N–H and O–H groups in total. The maximum Gasteiger partial charge on any atom is 0.172 e. The van der Waals surface area contributed by atoms with Crippen molar-refractivity contribution >= 4 is 5.78 Å². The predicted octanol–water partition coefficient (Wildman–Crippen LogP) is 2.44. The molecular formula is C12H12FNO2. The van der Waals surface area contributed by atoms with Crippen LogP contribution in [-0.4, -0.2) is 11.9 Å². The molecule has 0 bridgehead atoms. The number of nitriles is 1. The molecule has 1 atom stereocenters. The summed E-state index contributed by atoms with van der Waals surface area (Å²) in [5.41, 5.74) is -0.168. The van der Waals surface area contributed by atoms with E-state index in [4.69, 9.17) is 10.00 Å². The van der Waals surface area contributed by atoms with Crippen LogP contribution in [0.3, 0.4) is 0 Å². The van der Waals surface area contributed by atoms with Gasteiger partial charge < -0.3 is 4.74 Å². The summed E-state index contributed by atoms with van der Waals surface area (Å²) in [6.45, 7) is 3.30. The summed E-state index contributed by atoms with van der Waals surface area (Å²) in [4.78, 5) is 11.3. The fourth-order valence-corrected chi connectivity index (χ4v) is 1.25. The highest BCUT2D eigenvalue weighted by atomic mass is 19.1. The van der Waals surface area contributed by atoms with E-state index in [1.807, 2.05) is 0 Å². The zero-order valence-corrected chi connectivity index (χ0v) is 9.16. The largest absolute Gasteiger partial charge is 0.481 e. The quantitative estimate of drug-likeness (QED) is 0.784. The van der Waals surface area contributed by atoms with Crippen molar-refractivity contribution in [1.82, 2.24) is 0 Å². The Kier molecular flexibility index (Phi) is 4.01. The van der Waals surface area contributed by atoms with Crippen LogP contribution in [0.5, 0.6) is 5.75 Å². The minimum absolute atomic E-state index is 0.0897. The lowest BCUT2D eigenvalue weighted by molar-refractivity contribution is -0.124. The van der Waals surface area contributed by atoms with Crippen LogP contribution < -0.4 is 4.74 Å². The zero-order valence-electron chi connectivity index (χ0n) is 9.16. The summed E-state index contributed by atoms with van der Waals surface area (Å²) in [7, 11) is 0. The van der Waals surface area contributed by atoms with E-state index in [1.54, 1.807) is 19.9 Å². The minimum atomic E-state index is -0.668. The minimum Gasteiger partial charge on any atom is -0.481 e. The summed E-state index contributed by atoms with van der Waals surface area (Å²) in [6.07, 6.45) is -0.322. The molecule has 1 aromatic rings. The Labute approximate surface area is 93.5 Å². The molecule has 1 aromatic carbocycles. The van der Waals surface area contributed by atoms with Gasteiger partial charge in [-0.15, -0.1) is 0 Å². The lowest BCUT2D eigenvalue weighted by Crippen LogP contribution is -2.23. The fraction of sp³-hybridized carbons (Fsp3) is 0.333. The average Bonchev–Trinajstić information content (AvgIpc) is 2.28. The SMILES string of the molecule is CCC(=O)C(C)Oc1cccc(F)c1C#N. The van der Waals surface area contributed by atoms with Crippen molar-refractivity contribution in [3.63, 3.8) is 0 Å². The van der Waals surface area contributed by atoms with E-state index < -0.39 is 11.9 Å². The van der Waals surface area contributed by atoms with Crippen molar-refractivity contribution in [2.24, 2.45) is 0 Å². The zero-order chi connectivity index (χ0) is 12.1. The van der Waals surface area contributed by atoms with Gasteiger partial charge in [0.15, 0.2) is 11.9 Å². The molecule has 0 fully saturated rings. The van der Waals surface area contributed by atoms with E-state index in [0.717, 1.165) is 0 Å². The number of hydrogen-bond donors (Lipinski definition) is 0. The number of carbonyl (C=O) groups excluding carboxylic acids is 1. The van der Waals surface area contributed by atoms with Crippen LogP contribution in [0.15, 0.2) is 18.2 Å². The van der Waals surface area contributed by atoms with Crippen LogP contribution in [0.2, 0.25) is 0 Å². The molecule has 0 aliphatic rings. The Hall–Kier alpha value is -1.89. The summed E-state index contributed by atoms with van der Waals surface area (Å²) in [6, 6.07) is 5.81. The fourth-order valence-electron chi connectivity index (χ4n) is 1.25. The van der Waals surface area contributed by atoms with Crippen LogP contribution in [0.25, 0.3) is 0 Å². The number of carbonyl (C=O) groups is 1. The molecule has 4 heteroatoms. The molecule has 3 nitrogen and oxygen atoms in total. The van der Waals surface area contributed by atoms with E-state index in [1.165, 1.54) is 18.2 Å². The molecule has 16 heavy (non-hydrogen) atoms. The first-order valence-electron chi connectivity index (χ1n) is 4.98. The Morgan fingerprint density at radius 2 is 2.31 bits per heavy atom. The third kappa shape index (κ3) is 2.57. The number of nitrogens with zero attached hydrogens (tertiary/aromatic N) is 1. The van der Waals surface area contributed by atoms with E-state index in [0.29, 0.717) is 6.42 Å². The first-order valence-corrected chi connectivity index (χ1v) is 4.98. The smallest absolute Gasteiger partial charge is 0.172 e. The predicted molar refractivity (Wildman–Crippen MR) is 56.5 cm³/mol. The van der Waals surface area contributed by atoms with Gasteiger partial charge in [-0.05, 0) is 19.1 Å². The van der Waals surface area contributed by atoms with Gasteiger partial charge in [0, 0.05) is 6.42 Å². The lowest BCUT2D eigenvalue weighted by atomic mass is 10.2. The molecule has 0 spiro atoms. The van der Waals surface area contributed by atoms with E-state index in [2.05, 4.69) is 0 Å². The van der Waals surface area contributed by atoms with Crippen molar-refractivity contribution in [2.45, 2.75) is 26.4 Å². The van der Waals surface area contributed by atoms with Crippen LogP contribution >= 0.6 is 0 Å². The maximum atomic E-state index is 13.2. The van der Waals surface area contributed by atoms with E-state index in [9.17, 15) is 9.18 Å². The molecular weight excluding hydrogens is 209 g/mol. The van der Waals surface area contributed by atoms with Crippen molar-refractivity contribution in [1.29, 1.82) is 5.26 Å². The van der Waals surface area contributed by atoms with Gasteiger partial charge in [0.25, 0.3) is 0 Å². The van der Waals surface area contributed by atoms with Crippen LogP contribution in [0.4, 0.5) is 4.39 Å². The third-order valence-electron chi connectivity index (χ3n) is 2.19. The Morgan fingerprint density at radius 1 is 1.62 bits per heavy atom. The molecule has 0 aliphatic heterocycles. The second-order valence-corrected chi connectivity index (χ2v) is 3.30. The molecule has 0 amide bonds. The lowest BCUT2D eigenvalue weighted by Gasteiger charge is -2.13. The molecule has 0 radical (unpaired) electrons. The standard InChI is InChI=1S/C12H12FNO2/c1-3-11(15)8(2)16-12-6-4-5-10(13)9(12)7-14/h4-6,8H,3H2,1-2H3. The topological polar surface area (TPSA) is 50.1 Å². The second-order valence-electron chi connectivity index (χ2n) is 3.30. The summed E-state index contributed by atoms with van der Waals surface area (Å²) in [5.74, 6) is -0.624. The van der Waals surface area contributed by atoms with Gasteiger partial charge >= 0.3 is 0 Å². The van der Waals surface area contributed by atoms with Crippen molar-refractivity contribution < 1.29 is 13.9 Å². The average molecular weight is 221 g/mol. The monoisotopic (exact) mass is 221 g/mol. The molecule has 0 saturated carbocycles. The number of Topliss-reactive ketones (excluding diaryl/α,β-unsaturated/α-hetero) is 1. The van der Waals surface area contributed by atoms with Crippen LogP contribution in [0, 0.1) is 17.1 Å². The molecule has 0 aromatic heterocycles. The van der Waals surface area contributed by atoms with Gasteiger partial charge in [-0.25, -0.2) is 4.39 Å². The summed E-state index contributed by atoms with van der Waals surface area (Å²) < 4.78 is 18.5. The van der Waals surface area contributed by atoms with Gasteiger partial charge in [-0.1, -0.05) is 13.0 Å². The van der Waals surface area contributed by atoms with Crippen molar-refractivity contribution in [3.8, 4) is 11.8 Å². The molecule has 0 aliphatic carbocycles. The second kappa shape index (κ2) is 5.26. The number of ether oxygens (including phenoxy) is 1. The van der Waals surface area contributed by atoms with Gasteiger partial charge in [0.05, 0.1) is 0 Å². The highest BCUT2D eigenvalue weighted by molar-refractivity contribution is 5.82. The number of hydrogen-bond acceptors (Lipinski definition) is 3. The van der Waals surface area contributed by atoms with E-state index >= 15 is 0 Å². The van der Waals surface area contributed by atoms with Crippen molar-refractivity contribution in [3.05, 3.63) is 29.6 Å². The normalized spacial score (nSPS) is 11.6. The molecule has 0 saturated heterocycles. The third-order valence-corrected chi connectivity index (χ3v) is 2.19. The Balaban J connectivity index is 2.94. The van der Waals surface area contributed by atoms with E-state index in [-0.39, 0.29) is 17.1 Å². The maximum absolute atomic E-state index is 13.2. The van der Waals surface area contributed by atoms with Gasteiger partial charge in [0.2, 0.25) is 0 Å². The number of rotatable bonds is 4. The highest BCUT2D eigenvalue weighted by Crippen LogP contribution is 2.21. The number of benzene rings is 1. The molecule has 0 heterocycles.